The van der Waals surface area contributed by atoms with E-state index in [9.17, 15) is 18.0 Å². The molecule has 2 heterocycles. The van der Waals surface area contributed by atoms with Crippen molar-refractivity contribution < 1.29 is 17.6 Å². The van der Waals surface area contributed by atoms with Gasteiger partial charge in [-0.05, 0) is 30.3 Å². The van der Waals surface area contributed by atoms with E-state index < -0.39 is 21.4 Å². The van der Waals surface area contributed by atoms with Crippen LogP contribution in [0.1, 0.15) is 10.4 Å². The molecule has 0 atom stereocenters. The molecule has 10 heteroatoms. The van der Waals surface area contributed by atoms with Crippen LogP contribution in [0.5, 0.6) is 0 Å². The molecule has 0 saturated heterocycles. The molecule has 0 bridgehead atoms. The van der Waals surface area contributed by atoms with Crippen molar-refractivity contribution >= 4 is 53.6 Å². The lowest BCUT2D eigenvalue weighted by Gasteiger charge is -2.02. The minimum absolute atomic E-state index is 0.0494. The molecule has 8 nitrogen and oxygen atoms in total. The number of thiazole rings is 1. The molecule has 0 aliphatic carbocycles. The van der Waals surface area contributed by atoms with E-state index in [1.807, 2.05) is 0 Å². The second kappa shape index (κ2) is 6.27. The smallest absolute Gasteiger partial charge is 0.264 e. The second-order valence-electron chi connectivity index (χ2n) is 5.62. The third-order valence-electron chi connectivity index (χ3n) is 3.83. The number of fused-ring (bicyclic) bond motifs is 2. The Hall–Kier alpha value is -3.08. The zero-order chi connectivity index (χ0) is 19.2. The monoisotopic (exact) mass is 401 g/mol. The van der Waals surface area contributed by atoms with E-state index in [0.29, 0.717) is 21.2 Å². The van der Waals surface area contributed by atoms with Crippen LogP contribution in [0.2, 0.25) is 0 Å². The molecule has 4 rings (SSSR count). The van der Waals surface area contributed by atoms with Crippen molar-refractivity contribution in [2.75, 3.05) is 5.32 Å². The SMILES string of the molecule is NS(=O)(=O)c1ccc2nc(NC(=O)c3coc4ccccc4c3=O)sc2c1. The van der Waals surface area contributed by atoms with Crippen LogP contribution in [0.25, 0.3) is 21.2 Å². The molecule has 136 valence electrons. The number of amides is 1. The quantitative estimate of drug-likeness (QED) is 0.541. The summed E-state index contributed by atoms with van der Waals surface area (Å²) >= 11 is 1.06. The third-order valence-corrected chi connectivity index (χ3v) is 5.68. The number of benzene rings is 2. The lowest BCUT2D eigenvalue weighted by Crippen LogP contribution is -2.21. The largest absolute Gasteiger partial charge is 0.463 e. The summed E-state index contributed by atoms with van der Waals surface area (Å²) in [5, 5.41) is 8.17. The van der Waals surface area contributed by atoms with Crippen LogP contribution in [-0.4, -0.2) is 19.3 Å². The Bertz CT molecular complexity index is 1370. The zero-order valence-electron chi connectivity index (χ0n) is 13.5. The number of rotatable bonds is 3. The lowest BCUT2D eigenvalue weighted by molar-refractivity contribution is 0.102. The number of hydrogen-bond acceptors (Lipinski definition) is 7. The molecule has 0 aliphatic rings. The van der Waals surface area contributed by atoms with Gasteiger partial charge in [0.05, 0.1) is 20.5 Å². The lowest BCUT2D eigenvalue weighted by atomic mass is 10.1. The summed E-state index contributed by atoms with van der Waals surface area (Å²) in [6, 6.07) is 10.8. The van der Waals surface area contributed by atoms with Gasteiger partial charge in [-0.3, -0.25) is 14.9 Å². The fraction of sp³-hybridized carbons (Fsp3) is 0. The van der Waals surface area contributed by atoms with Gasteiger partial charge < -0.3 is 4.42 Å². The highest BCUT2D eigenvalue weighted by molar-refractivity contribution is 7.89. The Balaban J connectivity index is 1.69. The van der Waals surface area contributed by atoms with Crippen LogP contribution in [0.15, 0.2) is 62.8 Å². The molecular weight excluding hydrogens is 390 g/mol. The van der Waals surface area contributed by atoms with Crippen molar-refractivity contribution in [3.05, 3.63) is 64.5 Å². The van der Waals surface area contributed by atoms with Gasteiger partial charge in [0.15, 0.2) is 5.13 Å². The van der Waals surface area contributed by atoms with Crippen molar-refractivity contribution in [1.82, 2.24) is 4.98 Å². The predicted molar refractivity (Wildman–Crippen MR) is 101 cm³/mol. The number of anilines is 1. The van der Waals surface area contributed by atoms with E-state index in [0.717, 1.165) is 17.6 Å². The summed E-state index contributed by atoms with van der Waals surface area (Å²) < 4.78 is 28.7. The summed E-state index contributed by atoms with van der Waals surface area (Å²) in [5.74, 6) is -0.666. The number of primary sulfonamides is 1. The fourth-order valence-corrected chi connectivity index (χ4v) is 4.05. The maximum Gasteiger partial charge on any atom is 0.264 e. The normalized spacial score (nSPS) is 11.7. The van der Waals surface area contributed by atoms with Crippen LogP contribution < -0.4 is 15.9 Å². The maximum absolute atomic E-state index is 12.5. The van der Waals surface area contributed by atoms with Crippen LogP contribution in [0, 0.1) is 0 Å². The van der Waals surface area contributed by atoms with E-state index in [2.05, 4.69) is 10.3 Å². The molecule has 4 aromatic rings. The number of para-hydroxylation sites is 1. The predicted octanol–water partition coefficient (Wildman–Crippen LogP) is 2.30. The molecule has 0 spiro atoms. The Morgan fingerprint density at radius 2 is 1.96 bits per heavy atom. The molecule has 27 heavy (non-hydrogen) atoms. The molecule has 0 fully saturated rings. The van der Waals surface area contributed by atoms with Gasteiger partial charge in [0.25, 0.3) is 5.91 Å². The highest BCUT2D eigenvalue weighted by Crippen LogP contribution is 2.28. The maximum atomic E-state index is 12.5. The van der Waals surface area contributed by atoms with Gasteiger partial charge in [-0.25, -0.2) is 18.5 Å². The summed E-state index contributed by atoms with van der Waals surface area (Å²) in [6.07, 6.45) is 1.10. The van der Waals surface area contributed by atoms with Crippen LogP contribution in [0.3, 0.4) is 0 Å². The molecule has 0 radical (unpaired) electrons. The number of nitrogens with one attached hydrogen (secondary N) is 1. The molecule has 0 unspecified atom stereocenters. The number of sulfonamides is 1. The highest BCUT2D eigenvalue weighted by Gasteiger charge is 2.17. The molecule has 1 amide bonds. The van der Waals surface area contributed by atoms with Crippen LogP contribution >= 0.6 is 11.3 Å². The number of carbonyl (C=O) groups excluding carboxylic acids is 1. The molecular formula is C17H11N3O5S2. The van der Waals surface area contributed by atoms with E-state index in [1.165, 1.54) is 18.2 Å². The number of aromatic nitrogens is 1. The molecule has 2 aromatic heterocycles. The first-order chi connectivity index (χ1) is 12.8. The summed E-state index contributed by atoms with van der Waals surface area (Å²) in [6.45, 7) is 0. The Morgan fingerprint density at radius 1 is 1.19 bits per heavy atom. The highest BCUT2D eigenvalue weighted by atomic mass is 32.2. The minimum Gasteiger partial charge on any atom is -0.463 e. The molecule has 2 aromatic carbocycles. The molecule has 0 saturated carbocycles. The number of hydrogen-bond donors (Lipinski definition) is 2. The van der Waals surface area contributed by atoms with E-state index in [1.54, 1.807) is 24.3 Å². The van der Waals surface area contributed by atoms with Gasteiger partial charge in [0.1, 0.15) is 17.4 Å². The van der Waals surface area contributed by atoms with Gasteiger partial charge in [-0.2, -0.15) is 0 Å². The third kappa shape index (κ3) is 3.21. The van der Waals surface area contributed by atoms with E-state index >= 15 is 0 Å². The van der Waals surface area contributed by atoms with Gasteiger partial charge >= 0.3 is 0 Å². The van der Waals surface area contributed by atoms with E-state index in [-0.39, 0.29) is 15.6 Å². The summed E-state index contributed by atoms with van der Waals surface area (Å²) in [7, 11) is -3.84. The number of carbonyl (C=O) groups is 1. The van der Waals surface area contributed by atoms with Crippen LogP contribution in [-0.2, 0) is 10.0 Å². The number of nitrogens with two attached hydrogens (primary N) is 1. The Labute approximate surface area is 156 Å². The summed E-state index contributed by atoms with van der Waals surface area (Å²) in [5.41, 5.74) is 0.271. The van der Waals surface area contributed by atoms with Gasteiger partial charge in [0, 0.05) is 0 Å². The first-order valence-corrected chi connectivity index (χ1v) is 9.94. The summed E-state index contributed by atoms with van der Waals surface area (Å²) in [4.78, 5) is 29.1. The van der Waals surface area contributed by atoms with Crippen molar-refractivity contribution in [1.29, 1.82) is 0 Å². The zero-order valence-corrected chi connectivity index (χ0v) is 15.1. The first-order valence-electron chi connectivity index (χ1n) is 7.58. The first kappa shape index (κ1) is 17.3. The topological polar surface area (TPSA) is 132 Å². The number of nitrogens with zero attached hydrogens (tertiary/aromatic N) is 1. The molecule has 0 aliphatic heterocycles. The van der Waals surface area contributed by atoms with Crippen molar-refractivity contribution in [2.45, 2.75) is 4.90 Å². The van der Waals surface area contributed by atoms with Gasteiger partial charge in [-0.1, -0.05) is 23.5 Å². The average molecular weight is 401 g/mol. The van der Waals surface area contributed by atoms with Crippen molar-refractivity contribution in [2.24, 2.45) is 5.14 Å². The van der Waals surface area contributed by atoms with Gasteiger partial charge in [0.2, 0.25) is 15.5 Å². The standard InChI is InChI=1S/C17H11N3O5S2/c18-27(23,24)9-5-6-12-14(7-9)26-17(19-12)20-16(22)11-8-25-13-4-2-1-3-10(13)15(11)21/h1-8H,(H2,18,23,24)(H,19,20,22). The van der Waals surface area contributed by atoms with Crippen molar-refractivity contribution in [3.63, 3.8) is 0 Å². The minimum atomic E-state index is -3.84. The van der Waals surface area contributed by atoms with Crippen LogP contribution in [0.4, 0.5) is 5.13 Å². The van der Waals surface area contributed by atoms with Gasteiger partial charge in [-0.15, -0.1) is 0 Å². The molecule has 3 N–H and O–H groups in total. The van der Waals surface area contributed by atoms with Crippen molar-refractivity contribution in [3.8, 4) is 0 Å². The van der Waals surface area contributed by atoms with E-state index in [4.69, 9.17) is 9.56 Å². The second-order valence-corrected chi connectivity index (χ2v) is 8.21. The Kier molecular flexibility index (Phi) is 4.02. The Morgan fingerprint density at radius 3 is 2.74 bits per heavy atom. The fourth-order valence-electron chi connectivity index (χ4n) is 2.53. The average Bonchev–Trinajstić information content (AvgIpc) is 3.02.